The lowest BCUT2D eigenvalue weighted by Gasteiger charge is -2.13. The SMILES string of the molecule is CCOCc1nc(Nc2ccc(C(C)C)cc2)c2ccc(-c3ncccc3Cl)cc2n1. The second-order valence-electron chi connectivity index (χ2n) is 7.59. The molecule has 0 bridgehead atoms. The van der Waals surface area contributed by atoms with Crippen LogP contribution in [0.3, 0.4) is 0 Å². The molecule has 4 aromatic rings. The minimum atomic E-state index is 0.349. The number of hydrogen-bond acceptors (Lipinski definition) is 5. The van der Waals surface area contributed by atoms with Gasteiger partial charge >= 0.3 is 0 Å². The topological polar surface area (TPSA) is 59.9 Å². The fraction of sp³-hybridized carbons (Fsp3) is 0.240. The maximum absolute atomic E-state index is 6.36. The van der Waals surface area contributed by atoms with Crippen LogP contribution in [0.1, 0.15) is 38.1 Å². The molecular weight excluding hydrogens is 408 g/mol. The molecule has 5 nitrogen and oxygen atoms in total. The van der Waals surface area contributed by atoms with E-state index in [0.717, 1.165) is 33.7 Å². The number of nitrogens with one attached hydrogen (secondary N) is 1. The van der Waals surface area contributed by atoms with Crippen LogP contribution >= 0.6 is 11.6 Å². The largest absolute Gasteiger partial charge is 0.374 e. The maximum atomic E-state index is 6.36. The normalized spacial score (nSPS) is 11.3. The molecular formula is C25H25ClN4O. The monoisotopic (exact) mass is 432 g/mol. The minimum Gasteiger partial charge on any atom is -0.374 e. The predicted octanol–water partition coefficient (Wildman–Crippen LogP) is 6.75. The van der Waals surface area contributed by atoms with Gasteiger partial charge in [0.25, 0.3) is 0 Å². The van der Waals surface area contributed by atoms with Gasteiger partial charge in [-0.1, -0.05) is 43.6 Å². The quantitative estimate of drug-likeness (QED) is 0.350. The highest BCUT2D eigenvalue weighted by Crippen LogP contribution is 2.31. The third-order valence-electron chi connectivity index (χ3n) is 5.05. The lowest BCUT2D eigenvalue weighted by atomic mass is 10.0. The Hall–Kier alpha value is -3.02. The zero-order valence-electron chi connectivity index (χ0n) is 17.9. The summed E-state index contributed by atoms with van der Waals surface area (Å²) in [4.78, 5) is 13.9. The molecule has 2 aromatic carbocycles. The maximum Gasteiger partial charge on any atom is 0.157 e. The van der Waals surface area contributed by atoms with Crippen molar-refractivity contribution in [3.8, 4) is 11.3 Å². The van der Waals surface area contributed by atoms with Gasteiger partial charge in [-0.25, -0.2) is 9.97 Å². The van der Waals surface area contributed by atoms with Crippen LogP contribution in [0.15, 0.2) is 60.8 Å². The number of halogens is 1. The summed E-state index contributed by atoms with van der Waals surface area (Å²) in [5, 5.41) is 4.98. The Bertz CT molecular complexity index is 1190. The standard InChI is InChI=1S/C25H25ClN4O/c1-4-31-15-23-29-22-14-18(24-21(26)6-5-13-27-24)9-12-20(22)25(30-23)28-19-10-7-17(8-11-19)16(2)3/h5-14,16H,4,15H2,1-3H3,(H,28,29,30). The fourth-order valence-corrected chi connectivity index (χ4v) is 3.60. The zero-order valence-corrected chi connectivity index (χ0v) is 18.6. The van der Waals surface area contributed by atoms with Gasteiger partial charge in [0.1, 0.15) is 12.4 Å². The van der Waals surface area contributed by atoms with Crippen molar-refractivity contribution in [3.05, 3.63) is 77.2 Å². The molecule has 0 amide bonds. The van der Waals surface area contributed by atoms with E-state index in [9.17, 15) is 0 Å². The van der Waals surface area contributed by atoms with Gasteiger partial charge in [-0.3, -0.25) is 4.98 Å². The van der Waals surface area contributed by atoms with Crippen molar-refractivity contribution >= 4 is 34.0 Å². The summed E-state index contributed by atoms with van der Waals surface area (Å²) in [5.74, 6) is 1.86. The molecule has 0 saturated carbocycles. The fourth-order valence-electron chi connectivity index (χ4n) is 3.36. The number of hydrogen-bond donors (Lipinski definition) is 1. The molecule has 1 N–H and O–H groups in total. The highest BCUT2D eigenvalue weighted by molar-refractivity contribution is 6.33. The molecule has 2 heterocycles. The summed E-state index contributed by atoms with van der Waals surface area (Å²) >= 11 is 6.36. The van der Waals surface area contributed by atoms with E-state index in [2.05, 4.69) is 48.4 Å². The van der Waals surface area contributed by atoms with E-state index in [1.54, 1.807) is 6.20 Å². The molecule has 0 radical (unpaired) electrons. The van der Waals surface area contributed by atoms with Crippen LogP contribution in [-0.4, -0.2) is 21.6 Å². The van der Waals surface area contributed by atoms with Crippen molar-refractivity contribution in [1.82, 2.24) is 15.0 Å². The van der Waals surface area contributed by atoms with Crippen molar-refractivity contribution in [1.29, 1.82) is 0 Å². The van der Waals surface area contributed by atoms with E-state index in [1.165, 1.54) is 5.56 Å². The minimum absolute atomic E-state index is 0.349. The lowest BCUT2D eigenvalue weighted by Crippen LogP contribution is -2.04. The Morgan fingerprint density at radius 1 is 1.03 bits per heavy atom. The number of pyridine rings is 1. The summed E-state index contributed by atoms with van der Waals surface area (Å²) < 4.78 is 5.56. The highest BCUT2D eigenvalue weighted by atomic mass is 35.5. The first-order chi connectivity index (χ1) is 15.0. The van der Waals surface area contributed by atoms with Crippen LogP contribution in [0.2, 0.25) is 5.02 Å². The van der Waals surface area contributed by atoms with Gasteiger partial charge in [0.2, 0.25) is 0 Å². The molecule has 4 rings (SSSR count). The molecule has 0 aliphatic heterocycles. The van der Waals surface area contributed by atoms with Crippen molar-refractivity contribution in [3.63, 3.8) is 0 Å². The van der Waals surface area contributed by atoms with E-state index >= 15 is 0 Å². The Labute approximate surface area is 187 Å². The van der Waals surface area contributed by atoms with Crippen molar-refractivity contribution in [2.24, 2.45) is 0 Å². The molecule has 0 aliphatic carbocycles. The Kier molecular flexibility index (Phi) is 6.44. The molecule has 0 saturated heterocycles. The van der Waals surface area contributed by atoms with Gasteiger partial charge in [-0.15, -0.1) is 0 Å². The number of benzene rings is 2. The van der Waals surface area contributed by atoms with Gasteiger partial charge < -0.3 is 10.1 Å². The first-order valence-corrected chi connectivity index (χ1v) is 10.8. The third-order valence-corrected chi connectivity index (χ3v) is 5.36. The first-order valence-electron chi connectivity index (χ1n) is 10.4. The molecule has 31 heavy (non-hydrogen) atoms. The third kappa shape index (κ3) is 4.84. The second-order valence-corrected chi connectivity index (χ2v) is 8.00. The van der Waals surface area contributed by atoms with E-state index in [-0.39, 0.29) is 0 Å². The van der Waals surface area contributed by atoms with Crippen LogP contribution in [-0.2, 0) is 11.3 Å². The molecule has 0 fully saturated rings. The van der Waals surface area contributed by atoms with Crippen molar-refractivity contribution < 1.29 is 4.74 Å². The number of ether oxygens (including phenoxy) is 1. The number of nitrogens with zero attached hydrogens (tertiary/aromatic N) is 3. The van der Waals surface area contributed by atoms with Gasteiger partial charge in [0.05, 0.1) is 16.2 Å². The average molecular weight is 433 g/mol. The van der Waals surface area contributed by atoms with E-state index in [0.29, 0.717) is 30.0 Å². The summed E-state index contributed by atoms with van der Waals surface area (Å²) in [6.45, 7) is 7.28. The molecule has 0 spiro atoms. The summed E-state index contributed by atoms with van der Waals surface area (Å²) in [6, 6.07) is 18.1. The number of rotatable bonds is 7. The number of anilines is 2. The molecule has 6 heteroatoms. The van der Waals surface area contributed by atoms with E-state index in [1.807, 2.05) is 37.3 Å². The van der Waals surface area contributed by atoms with E-state index < -0.39 is 0 Å². The summed E-state index contributed by atoms with van der Waals surface area (Å²) in [7, 11) is 0. The van der Waals surface area contributed by atoms with E-state index in [4.69, 9.17) is 26.3 Å². The van der Waals surface area contributed by atoms with Crippen molar-refractivity contribution in [2.75, 3.05) is 11.9 Å². The number of aromatic nitrogens is 3. The molecule has 0 atom stereocenters. The van der Waals surface area contributed by atoms with Crippen molar-refractivity contribution in [2.45, 2.75) is 33.3 Å². The van der Waals surface area contributed by atoms with Crippen LogP contribution < -0.4 is 5.32 Å². The summed E-state index contributed by atoms with van der Waals surface area (Å²) in [6.07, 6.45) is 1.74. The molecule has 0 aliphatic rings. The lowest BCUT2D eigenvalue weighted by molar-refractivity contribution is 0.128. The second kappa shape index (κ2) is 9.41. The van der Waals surface area contributed by atoms with Gasteiger partial charge in [-0.05, 0) is 54.8 Å². The predicted molar refractivity (Wildman–Crippen MR) is 127 cm³/mol. The van der Waals surface area contributed by atoms with Crippen LogP contribution in [0, 0.1) is 0 Å². The van der Waals surface area contributed by atoms with Gasteiger partial charge in [0, 0.05) is 29.4 Å². The van der Waals surface area contributed by atoms with Crippen LogP contribution in [0.5, 0.6) is 0 Å². The van der Waals surface area contributed by atoms with Gasteiger partial charge in [-0.2, -0.15) is 0 Å². The smallest absolute Gasteiger partial charge is 0.157 e. The van der Waals surface area contributed by atoms with Gasteiger partial charge in [0.15, 0.2) is 5.82 Å². The Morgan fingerprint density at radius 2 is 1.84 bits per heavy atom. The first kappa shape index (κ1) is 21.2. The Balaban J connectivity index is 1.76. The van der Waals surface area contributed by atoms with Crippen LogP contribution in [0.4, 0.5) is 11.5 Å². The molecule has 158 valence electrons. The zero-order chi connectivity index (χ0) is 21.8. The average Bonchev–Trinajstić information content (AvgIpc) is 2.78. The molecule has 0 unspecified atom stereocenters. The Morgan fingerprint density at radius 3 is 2.55 bits per heavy atom. The molecule has 2 aromatic heterocycles. The summed E-state index contributed by atoms with van der Waals surface area (Å²) in [5.41, 5.74) is 4.72. The highest BCUT2D eigenvalue weighted by Gasteiger charge is 2.12. The van der Waals surface area contributed by atoms with Crippen LogP contribution in [0.25, 0.3) is 22.2 Å². The number of fused-ring (bicyclic) bond motifs is 1.